The number of azo groups is 2. The number of alkyl halides is 3. The van der Waals surface area contributed by atoms with Gasteiger partial charge in [0.2, 0.25) is 12.1 Å². The van der Waals surface area contributed by atoms with Crippen molar-refractivity contribution in [3.05, 3.63) is 135 Å². The first-order chi connectivity index (χ1) is 31.6. The van der Waals surface area contributed by atoms with Crippen LogP contribution in [0.5, 0.6) is 5.75 Å². The fraction of sp³-hybridized carbons (Fsp3) is 0.217. The van der Waals surface area contributed by atoms with Crippen LogP contribution in [0.4, 0.5) is 34.1 Å². The van der Waals surface area contributed by atoms with Crippen LogP contribution >= 0.6 is 58.0 Å². The van der Waals surface area contributed by atoms with Crippen molar-refractivity contribution in [3.8, 4) is 5.75 Å². The summed E-state index contributed by atoms with van der Waals surface area (Å²) in [5, 5.41) is 26.6. The van der Waals surface area contributed by atoms with Gasteiger partial charge in [-0.3, -0.25) is 28.8 Å². The molecule has 0 fully saturated rings. The fourth-order valence-corrected chi connectivity index (χ4v) is 7.06. The Morgan fingerprint density at radius 1 is 0.576 bits per heavy atom. The topological polar surface area (TPSA) is 209 Å². The van der Waals surface area contributed by atoms with E-state index in [2.05, 4.69) is 41.7 Å². The summed E-state index contributed by atoms with van der Waals surface area (Å²) in [6.07, 6.45) is 1.23. The average molecular weight is 995 g/mol. The minimum absolute atomic E-state index is 0.0166. The van der Waals surface area contributed by atoms with Crippen molar-refractivity contribution in [1.29, 1.82) is 0 Å². The summed E-state index contributed by atoms with van der Waals surface area (Å²) in [5.74, 6) is -3.41. The van der Waals surface area contributed by atoms with Crippen LogP contribution in [0, 0.1) is 0 Å². The molecule has 15 nitrogen and oxygen atoms in total. The SMILES string of the molecule is CC(=O)C(N=Nc1cccc(C(=O)Nc2cccc(CCCl)c2)c1Cl)C(=O)Nc1ccc(NC(=O)C(N=Nc2cccc(C(=O)Nc3cccc(CCCl)c3)c2Cl)C(C)=O)c(OC(C)Cl)c1. The predicted octanol–water partition coefficient (Wildman–Crippen LogP) is 11.4. The van der Waals surface area contributed by atoms with Crippen LogP contribution < -0.4 is 26.0 Å². The molecular weight excluding hydrogens is 954 g/mol. The molecule has 20 heteroatoms. The van der Waals surface area contributed by atoms with E-state index in [1.165, 1.54) is 61.5 Å². The Morgan fingerprint density at radius 2 is 1.02 bits per heavy atom. The van der Waals surface area contributed by atoms with E-state index in [4.69, 9.17) is 62.7 Å². The van der Waals surface area contributed by atoms with Crippen molar-refractivity contribution >= 4 is 127 Å². The van der Waals surface area contributed by atoms with Gasteiger partial charge in [0, 0.05) is 34.9 Å². The number of carbonyl (C=O) groups is 6. The molecule has 0 aliphatic rings. The van der Waals surface area contributed by atoms with Gasteiger partial charge in [0.1, 0.15) is 17.1 Å². The summed E-state index contributed by atoms with van der Waals surface area (Å²) < 4.78 is 5.70. The number of Topliss-reactive ketones (excluding diaryl/α,β-unsaturated/α-hetero) is 2. The number of ketones is 2. The van der Waals surface area contributed by atoms with Gasteiger partial charge in [-0.25, -0.2) is 0 Å². The monoisotopic (exact) mass is 992 g/mol. The third-order valence-corrected chi connectivity index (χ3v) is 10.5. The van der Waals surface area contributed by atoms with E-state index in [0.717, 1.165) is 25.0 Å². The number of nitrogens with zero attached hydrogens (tertiary/aromatic N) is 4. The molecule has 66 heavy (non-hydrogen) atoms. The number of ether oxygens (including phenoxy) is 1. The van der Waals surface area contributed by atoms with Gasteiger partial charge in [0.25, 0.3) is 23.6 Å². The number of hydrogen-bond donors (Lipinski definition) is 4. The second kappa shape index (κ2) is 24.3. The molecule has 0 aromatic heterocycles. The summed E-state index contributed by atoms with van der Waals surface area (Å²) in [6.45, 7) is 3.78. The molecule has 0 saturated heterocycles. The number of rotatable bonds is 20. The van der Waals surface area contributed by atoms with E-state index >= 15 is 0 Å². The molecule has 342 valence electrons. The molecule has 3 atom stereocenters. The van der Waals surface area contributed by atoms with E-state index < -0.39 is 52.8 Å². The van der Waals surface area contributed by atoms with Gasteiger partial charge in [-0.1, -0.05) is 71.2 Å². The van der Waals surface area contributed by atoms with Crippen LogP contribution in [0.1, 0.15) is 52.6 Å². The number of amides is 4. The quantitative estimate of drug-likeness (QED) is 0.0336. The van der Waals surface area contributed by atoms with Crippen LogP contribution in [0.3, 0.4) is 0 Å². The Morgan fingerprint density at radius 3 is 1.45 bits per heavy atom. The largest absolute Gasteiger partial charge is 0.473 e. The third kappa shape index (κ3) is 14.1. The molecule has 4 amide bonds. The van der Waals surface area contributed by atoms with E-state index in [1.54, 1.807) is 36.4 Å². The molecule has 4 N–H and O–H groups in total. The summed E-state index contributed by atoms with van der Waals surface area (Å²) in [7, 11) is 0. The normalized spacial score (nSPS) is 12.5. The predicted molar refractivity (Wildman–Crippen MR) is 258 cm³/mol. The van der Waals surface area contributed by atoms with Gasteiger partial charge in [-0.2, -0.15) is 20.5 Å². The maximum absolute atomic E-state index is 13.5. The van der Waals surface area contributed by atoms with Crippen molar-refractivity contribution in [2.24, 2.45) is 20.5 Å². The molecule has 0 aliphatic heterocycles. The lowest BCUT2D eigenvalue weighted by Crippen LogP contribution is -2.32. The Labute approximate surface area is 404 Å². The number of nitrogens with one attached hydrogen (secondary N) is 4. The molecule has 0 radical (unpaired) electrons. The van der Waals surface area contributed by atoms with Crippen LogP contribution in [-0.2, 0) is 32.0 Å². The van der Waals surface area contributed by atoms with Gasteiger partial charge in [0.05, 0.1) is 26.9 Å². The summed E-state index contributed by atoms with van der Waals surface area (Å²) in [6, 6.07) is 24.0. The van der Waals surface area contributed by atoms with Crippen molar-refractivity contribution in [2.75, 3.05) is 33.0 Å². The number of hydrogen-bond acceptors (Lipinski definition) is 11. The Hall–Kier alpha value is -6.23. The highest BCUT2D eigenvalue weighted by Gasteiger charge is 2.27. The highest BCUT2D eigenvalue weighted by molar-refractivity contribution is 6.37. The second-order valence-electron chi connectivity index (χ2n) is 14.3. The van der Waals surface area contributed by atoms with Crippen molar-refractivity contribution in [2.45, 2.75) is 51.3 Å². The van der Waals surface area contributed by atoms with Crippen molar-refractivity contribution < 1.29 is 33.5 Å². The minimum Gasteiger partial charge on any atom is -0.473 e. The van der Waals surface area contributed by atoms with Crippen molar-refractivity contribution in [1.82, 2.24) is 0 Å². The molecule has 0 heterocycles. The maximum Gasteiger partial charge on any atom is 0.258 e. The third-order valence-electron chi connectivity index (χ3n) is 9.21. The van der Waals surface area contributed by atoms with Gasteiger partial charge in [0.15, 0.2) is 17.1 Å². The highest BCUT2D eigenvalue weighted by atomic mass is 35.5. The number of benzene rings is 5. The molecular formula is C46H41Cl5N8O7. The minimum atomic E-state index is -1.67. The Bertz CT molecular complexity index is 2700. The van der Waals surface area contributed by atoms with E-state index in [9.17, 15) is 28.8 Å². The molecule has 5 rings (SSSR count). The molecule has 5 aromatic rings. The lowest BCUT2D eigenvalue weighted by molar-refractivity contribution is -0.127. The zero-order valence-corrected chi connectivity index (χ0v) is 39.2. The lowest BCUT2D eigenvalue weighted by Gasteiger charge is -2.17. The number of halogens is 5. The van der Waals surface area contributed by atoms with Crippen molar-refractivity contribution in [3.63, 3.8) is 0 Å². The van der Waals surface area contributed by atoms with Crippen LogP contribution in [0.2, 0.25) is 10.0 Å². The first kappa shape index (κ1) is 50.8. The van der Waals surface area contributed by atoms with E-state index in [-0.39, 0.29) is 49.7 Å². The maximum atomic E-state index is 13.5. The zero-order chi connectivity index (χ0) is 47.9. The van der Waals surface area contributed by atoms with E-state index in [1.807, 2.05) is 12.1 Å². The average Bonchev–Trinajstić information content (AvgIpc) is 3.25. The van der Waals surface area contributed by atoms with Gasteiger partial charge in [-0.05, 0) is 105 Å². The van der Waals surface area contributed by atoms with Gasteiger partial charge in [-0.15, -0.1) is 23.2 Å². The fourth-order valence-electron chi connectivity index (χ4n) is 6.03. The number of carbonyl (C=O) groups excluding carboxylic acids is 6. The van der Waals surface area contributed by atoms with E-state index in [0.29, 0.717) is 36.0 Å². The van der Waals surface area contributed by atoms with Crippen LogP contribution in [0.15, 0.2) is 124 Å². The van der Waals surface area contributed by atoms with Gasteiger partial charge >= 0.3 is 0 Å². The first-order valence-electron chi connectivity index (χ1n) is 20.0. The molecule has 0 bridgehead atoms. The zero-order valence-electron chi connectivity index (χ0n) is 35.4. The first-order valence-corrected chi connectivity index (χ1v) is 22.2. The number of aryl methyl sites for hydroxylation is 2. The Balaban J connectivity index is 1.29. The summed E-state index contributed by atoms with van der Waals surface area (Å²) >= 11 is 31.0. The highest BCUT2D eigenvalue weighted by Crippen LogP contribution is 2.33. The second-order valence-corrected chi connectivity index (χ2v) is 16.4. The van der Waals surface area contributed by atoms with Crippen LogP contribution in [0.25, 0.3) is 0 Å². The van der Waals surface area contributed by atoms with Gasteiger partial charge < -0.3 is 26.0 Å². The number of anilines is 4. The molecule has 3 unspecified atom stereocenters. The van der Waals surface area contributed by atoms with Crippen LogP contribution in [-0.4, -0.2) is 64.6 Å². The molecule has 5 aromatic carbocycles. The summed E-state index contributed by atoms with van der Waals surface area (Å²) in [4.78, 5) is 78.6. The molecule has 0 saturated carbocycles. The smallest absolute Gasteiger partial charge is 0.258 e. The Kier molecular flexibility index (Phi) is 18.7. The molecule has 0 aliphatic carbocycles. The lowest BCUT2D eigenvalue weighted by atomic mass is 10.1. The molecule has 0 spiro atoms. The summed E-state index contributed by atoms with van der Waals surface area (Å²) in [5.41, 5.74) is 2.28. The standard InChI is InChI=1S/C46H41Cl5N8O7/c1-25(60)41(58-56-36-14-6-12-33(39(36)50)43(62)52-30-10-4-8-28(22-30)18-20-47)45(64)54-32-16-17-35(38(24-32)66-27(3)49)55-46(65)42(26(2)61)59-57-37-15-7-13-34(40(37)51)44(63)53-31-11-5-9-29(23-31)19-21-48/h4-17,22-24,27,41-42H,18-21H2,1-3H3,(H,52,62)(H,53,63)(H,54,64)(H,55,65).